The highest BCUT2D eigenvalue weighted by molar-refractivity contribution is 8.16. The van der Waals surface area contributed by atoms with E-state index in [0.29, 0.717) is 29.3 Å². The van der Waals surface area contributed by atoms with Crippen molar-refractivity contribution in [3.8, 4) is 0 Å². The minimum Gasteiger partial charge on any atom is -0.330 e. The van der Waals surface area contributed by atoms with E-state index in [9.17, 15) is 8.42 Å². The highest BCUT2D eigenvalue weighted by Gasteiger charge is 2.51. The summed E-state index contributed by atoms with van der Waals surface area (Å²) >= 11 is 7.82. The molecule has 4 rings (SSSR count). The second-order valence-electron chi connectivity index (χ2n) is 5.47. The molecule has 2 N–H and O–H groups in total. The summed E-state index contributed by atoms with van der Waals surface area (Å²) in [7, 11) is -3.92. The van der Waals surface area contributed by atoms with Crippen molar-refractivity contribution in [3.05, 3.63) is 36.1 Å². The van der Waals surface area contributed by atoms with Crippen molar-refractivity contribution in [2.24, 2.45) is 10.7 Å². The van der Waals surface area contributed by atoms with Gasteiger partial charge in [0.2, 0.25) is 9.84 Å². The second-order valence-corrected chi connectivity index (χ2v) is 9.31. The summed E-state index contributed by atoms with van der Waals surface area (Å²) < 4.78 is 26.5. The summed E-state index contributed by atoms with van der Waals surface area (Å²) in [4.78, 5) is 10.4. The lowest BCUT2D eigenvalue weighted by Crippen LogP contribution is -2.35. The Labute approximate surface area is 148 Å². The average molecular weight is 384 g/mol. The largest absolute Gasteiger partial charge is 0.330 e. The molecule has 0 amide bonds. The number of aromatic nitrogens is 2. The maximum atomic E-state index is 13.2. The first-order valence-corrected chi connectivity index (χ1v) is 9.98. The van der Waals surface area contributed by atoms with Crippen LogP contribution in [-0.2, 0) is 16.4 Å². The van der Waals surface area contributed by atoms with Gasteiger partial charge in [0.15, 0.2) is 5.17 Å². The van der Waals surface area contributed by atoms with Gasteiger partial charge in [0.25, 0.3) is 4.33 Å². The van der Waals surface area contributed by atoms with E-state index in [1.165, 1.54) is 11.8 Å². The van der Waals surface area contributed by atoms with Gasteiger partial charge in [0.05, 0.1) is 11.4 Å². The lowest BCUT2D eigenvalue weighted by atomic mass is 10.3. The van der Waals surface area contributed by atoms with E-state index in [0.717, 1.165) is 0 Å². The van der Waals surface area contributed by atoms with Crippen LogP contribution in [0.2, 0.25) is 0 Å². The molecular formula is C14H14ClN5O2S2. The standard InChI is InChI=1S/C14H14ClN5O2S2/c15-14(9-20-6-7-23-13(20)18-14)24(21,22)11-8-19(5-3-16)12-10(11)2-1-4-17-12/h1-2,4,6-8H,3,5,9,16H2. The Morgan fingerprint density at radius 3 is 3.04 bits per heavy atom. The number of halogens is 1. The minimum absolute atomic E-state index is 0.0829. The second kappa shape index (κ2) is 5.48. The van der Waals surface area contributed by atoms with Crippen molar-refractivity contribution in [1.29, 1.82) is 0 Å². The third-order valence-corrected chi connectivity index (χ3v) is 7.51. The zero-order valence-corrected chi connectivity index (χ0v) is 14.9. The number of rotatable bonds is 4. The van der Waals surface area contributed by atoms with Gasteiger partial charge in [-0.15, -0.1) is 0 Å². The molecule has 0 radical (unpaired) electrons. The van der Waals surface area contributed by atoms with E-state index in [1.54, 1.807) is 40.2 Å². The molecule has 0 saturated heterocycles. The Bertz CT molecular complexity index is 984. The fourth-order valence-corrected chi connectivity index (χ4v) is 5.76. The van der Waals surface area contributed by atoms with Crippen molar-refractivity contribution in [2.75, 3.05) is 13.1 Å². The molecule has 10 heteroatoms. The van der Waals surface area contributed by atoms with Crippen molar-refractivity contribution < 1.29 is 8.42 Å². The number of fused-ring (bicyclic) bond motifs is 2. The van der Waals surface area contributed by atoms with Gasteiger partial charge in [-0.2, -0.15) is 0 Å². The summed E-state index contributed by atoms with van der Waals surface area (Å²) in [6, 6.07) is 3.42. The molecule has 4 heterocycles. The molecule has 2 aromatic heterocycles. The first-order valence-electron chi connectivity index (χ1n) is 7.23. The maximum absolute atomic E-state index is 13.2. The number of aliphatic imine (C=N–C) groups is 1. The zero-order valence-electron chi connectivity index (χ0n) is 12.5. The highest BCUT2D eigenvalue weighted by atomic mass is 35.5. The van der Waals surface area contributed by atoms with Crippen LogP contribution >= 0.6 is 23.4 Å². The Morgan fingerprint density at radius 2 is 2.29 bits per heavy atom. The van der Waals surface area contributed by atoms with Crippen LogP contribution in [0.4, 0.5) is 0 Å². The van der Waals surface area contributed by atoms with Crippen molar-refractivity contribution >= 4 is 49.4 Å². The summed E-state index contributed by atoms with van der Waals surface area (Å²) in [6.07, 6.45) is 4.95. The van der Waals surface area contributed by atoms with Gasteiger partial charge >= 0.3 is 0 Å². The normalized spacial score (nSPS) is 23.1. The molecule has 2 aliphatic heterocycles. The minimum atomic E-state index is -3.92. The molecule has 2 aliphatic rings. The van der Waals surface area contributed by atoms with Gasteiger partial charge in [-0.25, -0.2) is 18.4 Å². The Kier molecular flexibility index (Phi) is 3.64. The summed E-state index contributed by atoms with van der Waals surface area (Å²) in [5.74, 6) is 0. The van der Waals surface area contributed by atoms with Gasteiger partial charge in [-0.1, -0.05) is 23.4 Å². The van der Waals surface area contributed by atoms with Crippen LogP contribution in [0.15, 0.2) is 46.0 Å². The number of nitrogens with two attached hydrogens (primary N) is 1. The topological polar surface area (TPSA) is 93.6 Å². The molecular weight excluding hydrogens is 370 g/mol. The van der Waals surface area contributed by atoms with E-state index in [4.69, 9.17) is 17.3 Å². The number of hydrogen-bond acceptors (Lipinski definition) is 7. The Balaban J connectivity index is 1.87. The van der Waals surface area contributed by atoms with E-state index >= 15 is 0 Å². The zero-order chi connectivity index (χ0) is 16.9. The summed E-state index contributed by atoms with van der Waals surface area (Å²) in [5, 5.41) is 2.97. The van der Waals surface area contributed by atoms with Crippen molar-refractivity contribution in [3.63, 3.8) is 0 Å². The molecule has 0 fully saturated rings. The van der Waals surface area contributed by atoms with Gasteiger partial charge in [-0.05, 0) is 17.5 Å². The molecule has 1 unspecified atom stereocenters. The maximum Gasteiger partial charge on any atom is 0.259 e. The molecule has 0 aromatic carbocycles. The van der Waals surface area contributed by atoms with Gasteiger partial charge in [0.1, 0.15) is 5.65 Å². The third-order valence-electron chi connectivity index (χ3n) is 3.96. The Hall–Kier alpha value is -1.55. The molecule has 0 bridgehead atoms. The molecule has 0 spiro atoms. The predicted octanol–water partition coefficient (Wildman–Crippen LogP) is 1.55. The first kappa shape index (κ1) is 15.9. The van der Waals surface area contributed by atoms with Crippen LogP contribution in [0.5, 0.6) is 0 Å². The van der Waals surface area contributed by atoms with Crippen LogP contribution in [0.1, 0.15) is 0 Å². The number of amidine groups is 1. The SMILES string of the molecule is NCCn1cc(S(=O)(=O)C2(Cl)CN3C=CSC3=N2)c2cccnc21. The molecule has 24 heavy (non-hydrogen) atoms. The number of hydrogen-bond donors (Lipinski definition) is 1. The number of sulfone groups is 1. The lowest BCUT2D eigenvalue weighted by molar-refractivity contribution is 0.537. The van der Waals surface area contributed by atoms with Gasteiger partial charge < -0.3 is 15.2 Å². The average Bonchev–Trinajstić information content (AvgIpc) is 3.20. The summed E-state index contributed by atoms with van der Waals surface area (Å²) in [5.41, 5.74) is 6.19. The lowest BCUT2D eigenvalue weighted by Gasteiger charge is -2.19. The fraction of sp³-hybridized carbons (Fsp3) is 0.286. The monoisotopic (exact) mass is 383 g/mol. The fourth-order valence-electron chi connectivity index (χ4n) is 2.82. The molecule has 2 aromatic rings. The van der Waals surface area contributed by atoms with Crippen molar-refractivity contribution in [2.45, 2.75) is 15.8 Å². The molecule has 1 atom stereocenters. The van der Waals surface area contributed by atoms with Crippen LogP contribution < -0.4 is 5.73 Å². The molecule has 0 saturated carbocycles. The molecule has 126 valence electrons. The van der Waals surface area contributed by atoms with Crippen molar-refractivity contribution in [1.82, 2.24) is 14.5 Å². The van der Waals surface area contributed by atoms with E-state index < -0.39 is 14.2 Å². The van der Waals surface area contributed by atoms with Crippen LogP contribution in [0.25, 0.3) is 11.0 Å². The summed E-state index contributed by atoms with van der Waals surface area (Å²) in [6.45, 7) is 0.931. The van der Waals surface area contributed by atoms with Crippen LogP contribution in [0, 0.1) is 0 Å². The number of pyridine rings is 1. The Morgan fingerprint density at radius 1 is 1.46 bits per heavy atom. The van der Waals surface area contributed by atoms with E-state index in [-0.39, 0.29) is 11.4 Å². The van der Waals surface area contributed by atoms with Crippen LogP contribution in [0.3, 0.4) is 0 Å². The van der Waals surface area contributed by atoms with E-state index in [2.05, 4.69) is 9.98 Å². The van der Waals surface area contributed by atoms with Crippen LogP contribution in [-0.4, -0.2) is 45.5 Å². The van der Waals surface area contributed by atoms with Gasteiger partial charge in [0, 0.05) is 37.1 Å². The van der Waals surface area contributed by atoms with Gasteiger partial charge in [-0.3, -0.25) is 0 Å². The van der Waals surface area contributed by atoms with E-state index in [1.807, 2.05) is 5.41 Å². The third kappa shape index (κ3) is 2.19. The number of alkyl halides is 1. The number of thioether (sulfide) groups is 1. The number of nitrogens with zero attached hydrogens (tertiary/aromatic N) is 4. The smallest absolute Gasteiger partial charge is 0.259 e. The quantitative estimate of drug-likeness (QED) is 0.636. The molecule has 0 aliphatic carbocycles. The predicted molar refractivity (Wildman–Crippen MR) is 95.4 cm³/mol. The molecule has 7 nitrogen and oxygen atoms in total. The first-order chi connectivity index (χ1) is 11.5. The highest BCUT2D eigenvalue weighted by Crippen LogP contribution is 2.42.